The van der Waals surface area contributed by atoms with E-state index in [0.717, 1.165) is 30.3 Å². The molecule has 0 aromatic heterocycles. The van der Waals surface area contributed by atoms with Gasteiger partial charge < -0.3 is 14.8 Å². The minimum absolute atomic E-state index is 0.0827. The molecule has 1 atom stereocenters. The number of non-ortho nitro benzene ring substituents is 1. The van der Waals surface area contributed by atoms with Crippen LogP contribution >= 0.6 is 0 Å². The smallest absolute Gasteiger partial charge is 0.416 e. The molecule has 0 saturated carbocycles. The number of anilines is 1. The Kier molecular flexibility index (Phi) is 5.88. The predicted octanol–water partition coefficient (Wildman–Crippen LogP) is 4.03. The molecule has 27 heavy (non-hydrogen) atoms. The summed E-state index contributed by atoms with van der Waals surface area (Å²) in [5, 5.41) is 13.3. The van der Waals surface area contributed by atoms with Gasteiger partial charge in [-0.1, -0.05) is 0 Å². The second kappa shape index (κ2) is 7.94. The second-order valence-electron chi connectivity index (χ2n) is 5.41. The number of hydrogen-bond donors (Lipinski definition) is 1. The lowest BCUT2D eigenvalue weighted by Crippen LogP contribution is -2.30. The molecule has 10 heteroatoms. The molecule has 0 radical (unpaired) electrons. The number of rotatable bonds is 6. The van der Waals surface area contributed by atoms with Gasteiger partial charge in [-0.25, -0.2) is 0 Å². The molecule has 1 amide bonds. The third kappa shape index (κ3) is 5.09. The van der Waals surface area contributed by atoms with E-state index < -0.39 is 28.7 Å². The molecule has 0 fully saturated rings. The van der Waals surface area contributed by atoms with Crippen LogP contribution < -0.4 is 14.8 Å². The third-order valence-corrected chi connectivity index (χ3v) is 3.52. The number of methoxy groups -OCH3 is 1. The van der Waals surface area contributed by atoms with Gasteiger partial charge >= 0.3 is 6.18 Å². The summed E-state index contributed by atoms with van der Waals surface area (Å²) < 4.78 is 48.0. The highest BCUT2D eigenvalue weighted by molar-refractivity contribution is 5.95. The normalized spacial score (nSPS) is 12.2. The SMILES string of the molecule is COc1cc([N+](=O)[O-])ccc1NC(=O)[C@@H](C)Oc1ccc(C(F)(F)F)cc1. The fraction of sp³-hybridized carbons (Fsp3) is 0.235. The zero-order valence-electron chi connectivity index (χ0n) is 14.2. The molecule has 1 N–H and O–H groups in total. The summed E-state index contributed by atoms with van der Waals surface area (Å²) in [7, 11) is 1.29. The van der Waals surface area contributed by atoms with Gasteiger partial charge in [0.05, 0.1) is 29.4 Å². The van der Waals surface area contributed by atoms with Crippen molar-refractivity contribution < 1.29 is 32.4 Å². The van der Waals surface area contributed by atoms with Crippen molar-refractivity contribution in [3.63, 3.8) is 0 Å². The molecule has 0 heterocycles. The Bertz CT molecular complexity index is 837. The predicted molar refractivity (Wildman–Crippen MR) is 89.8 cm³/mol. The summed E-state index contributed by atoms with van der Waals surface area (Å²) in [5.74, 6) is -0.442. The highest BCUT2D eigenvalue weighted by Gasteiger charge is 2.30. The number of nitro groups is 1. The van der Waals surface area contributed by atoms with Crippen LogP contribution in [0.5, 0.6) is 11.5 Å². The molecule has 0 spiro atoms. The summed E-state index contributed by atoms with van der Waals surface area (Å²) in [4.78, 5) is 22.4. The first-order chi connectivity index (χ1) is 12.6. The number of nitro benzene ring substituents is 1. The molecule has 2 aromatic rings. The van der Waals surface area contributed by atoms with E-state index in [1.165, 1.54) is 26.2 Å². The highest BCUT2D eigenvalue weighted by Crippen LogP contribution is 2.31. The second-order valence-corrected chi connectivity index (χ2v) is 5.41. The number of benzene rings is 2. The maximum Gasteiger partial charge on any atom is 0.416 e. The van der Waals surface area contributed by atoms with E-state index in [2.05, 4.69) is 5.32 Å². The molecular weight excluding hydrogens is 369 g/mol. The van der Waals surface area contributed by atoms with Gasteiger partial charge in [0.2, 0.25) is 0 Å². The van der Waals surface area contributed by atoms with Crippen LogP contribution in [-0.2, 0) is 11.0 Å². The molecule has 2 rings (SSSR count). The maximum absolute atomic E-state index is 12.5. The van der Waals surface area contributed by atoms with Gasteiger partial charge in [-0.15, -0.1) is 0 Å². The van der Waals surface area contributed by atoms with Crippen molar-refractivity contribution in [2.24, 2.45) is 0 Å². The zero-order valence-corrected chi connectivity index (χ0v) is 14.2. The van der Waals surface area contributed by atoms with Gasteiger partial charge in [0.25, 0.3) is 11.6 Å². The Morgan fingerprint density at radius 2 is 1.81 bits per heavy atom. The van der Waals surface area contributed by atoms with Crippen LogP contribution in [0, 0.1) is 10.1 Å². The van der Waals surface area contributed by atoms with E-state index in [4.69, 9.17) is 9.47 Å². The van der Waals surface area contributed by atoms with Crippen molar-refractivity contribution in [2.45, 2.75) is 19.2 Å². The molecule has 0 aliphatic rings. The van der Waals surface area contributed by atoms with Crippen LogP contribution in [0.3, 0.4) is 0 Å². The number of nitrogens with zero attached hydrogens (tertiary/aromatic N) is 1. The van der Waals surface area contributed by atoms with Gasteiger partial charge in [0.1, 0.15) is 11.5 Å². The first kappa shape index (κ1) is 20.0. The number of carbonyl (C=O) groups is 1. The molecule has 0 saturated heterocycles. The monoisotopic (exact) mass is 384 g/mol. The van der Waals surface area contributed by atoms with Crippen molar-refractivity contribution in [2.75, 3.05) is 12.4 Å². The Labute approximate surface area is 151 Å². The van der Waals surface area contributed by atoms with Crippen LogP contribution in [0.15, 0.2) is 42.5 Å². The molecular formula is C17H15F3N2O5. The Balaban J connectivity index is 2.06. The summed E-state index contributed by atoms with van der Waals surface area (Å²) in [6, 6.07) is 7.56. The molecule has 2 aromatic carbocycles. The molecule has 7 nitrogen and oxygen atoms in total. The van der Waals surface area contributed by atoms with Crippen molar-refractivity contribution in [1.29, 1.82) is 0 Å². The van der Waals surface area contributed by atoms with E-state index in [1.807, 2.05) is 0 Å². The molecule has 144 valence electrons. The zero-order chi connectivity index (χ0) is 20.2. The Hall–Kier alpha value is -3.30. The van der Waals surface area contributed by atoms with Gasteiger partial charge in [-0.3, -0.25) is 14.9 Å². The lowest BCUT2D eigenvalue weighted by Gasteiger charge is -2.16. The Morgan fingerprint density at radius 3 is 2.33 bits per heavy atom. The van der Waals surface area contributed by atoms with Crippen LogP contribution in [0.1, 0.15) is 12.5 Å². The van der Waals surface area contributed by atoms with E-state index in [1.54, 1.807) is 0 Å². The molecule has 0 bridgehead atoms. The number of ether oxygens (including phenoxy) is 2. The number of carbonyl (C=O) groups excluding carboxylic acids is 1. The van der Waals surface area contributed by atoms with E-state index >= 15 is 0 Å². The minimum atomic E-state index is -4.46. The lowest BCUT2D eigenvalue weighted by atomic mass is 10.2. The van der Waals surface area contributed by atoms with Gasteiger partial charge in [0, 0.05) is 6.07 Å². The van der Waals surface area contributed by atoms with E-state index in [0.29, 0.717) is 0 Å². The van der Waals surface area contributed by atoms with Crippen LogP contribution in [0.2, 0.25) is 0 Å². The third-order valence-electron chi connectivity index (χ3n) is 3.52. The van der Waals surface area contributed by atoms with Crippen molar-refractivity contribution in [3.8, 4) is 11.5 Å². The highest BCUT2D eigenvalue weighted by atomic mass is 19.4. The van der Waals surface area contributed by atoms with E-state index in [-0.39, 0.29) is 22.9 Å². The number of amides is 1. The first-order valence-electron chi connectivity index (χ1n) is 7.59. The van der Waals surface area contributed by atoms with Crippen LogP contribution in [-0.4, -0.2) is 24.0 Å². The minimum Gasteiger partial charge on any atom is -0.494 e. The number of hydrogen-bond acceptors (Lipinski definition) is 5. The molecule has 0 aliphatic carbocycles. The van der Waals surface area contributed by atoms with Crippen LogP contribution in [0.25, 0.3) is 0 Å². The Morgan fingerprint density at radius 1 is 1.19 bits per heavy atom. The van der Waals surface area contributed by atoms with Crippen molar-refractivity contribution in [1.82, 2.24) is 0 Å². The average Bonchev–Trinajstić information content (AvgIpc) is 2.61. The average molecular weight is 384 g/mol. The van der Waals surface area contributed by atoms with Gasteiger partial charge in [-0.05, 0) is 37.3 Å². The first-order valence-corrected chi connectivity index (χ1v) is 7.59. The number of nitrogens with one attached hydrogen (secondary N) is 1. The van der Waals surface area contributed by atoms with E-state index in [9.17, 15) is 28.1 Å². The molecule has 0 unspecified atom stereocenters. The summed E-state index contributed by atoms with van der Waals surface area (Å²) in [6.45, 7) is 1.41. The summed E-state index contributed by atoms with van der Waals surface area (Å²) in [6.07, 6.45) is -5.50. The van der Waals surface area contributed by atoms with Crippen molar-refractivity contribution in [3.05, 3.63) is 58.1 Å². The van der Waals surface area contributed by atoms with Gasteiger partial charge in [0.15, 0.2) is 6.10 Å². The largest absolute Gasteiger partial charge is 0.494 e. The fourth-order valence-electron chi connectivity index (χ4n) is 2.11. The lowest BCUT2D eigenvalue weighted by molar-refractivity contribution is -0.384. The van der Waals surface area contributed by atoms with Crippen LogP contribution in [0.4, 0.5) is 24.5 Å². The molecule has 0 aliphatic heterocycles. The standard InChI is InChI=1S/C17H15F3N2O5/c1-10(27-13-6-3-11(4-7-13)17(18,19)20)16(23)21-14-8-5-12(22(24)25)9-15(14)26-2/h3-10H,1-2H3,(H,21,23)/t10-/m1/s1. The fourth-order valence-corrected chi connectivity index (χ4v) is 2.11. The topological polar surface area (TPSA) is 90.7 Å². The quantitative estimate of drug-likeness (QED) is 0.600. The summed E-state index contributed by atoms with van der Waals surface area (Å²) in [5.41, 5.74) is -0.850. The van der Waals surface area contributed by atoms with Crippen molar-refractivity contribution >= 4 is 17.3 Å². The summed E-state index contributed by atoms with van der Waals surface area (Å²) >= 11 is 0. The maximum atomic E-state index is 12.5. The number of alkyl halides is 3. The number of halogens is 3. The van der Waals surface area contributed by atoms with Gasteiger partial charge in [-0.2, -0.15) is 13.2 Å².